The van der Waals surface area contributed by atoms with Crippen LogP contribution in [0.3, 0.4) is 0 Å². The number of ether oxygens (including phenoxy) is 1. The minimum absolute atomic E-state index is 0.0406. The SMILES string of the molecule is CCOC(=O)c1cnn(CC(=O)N[C@@H](CCN2C3CCC34C2CC4n2c(C)nnc2C(C)C)c2ccccc2)c1. The maximum absolute atomic E-state index is 13.1. The molecule has 10 nitrogen and oxygen atoms in total. The Morgan fingerprint density at radius 2 is 1.95 bits per heavy atom. The predicted octanol–water partition coefficient (Wildman–Crippen LogP) is 3.81. The molecule has 40 heavy (non-hydrogen) atoms. The number of aromatic nitrogens is 5. The van der Waals surface area contributed by atoms with E-state index in [4.69, 9.17) is 4.74 Å². The van der Waals surface area contributed by atoms with Crippen molar-refractivity contribution in [2.45, 2.75) is 90.0 Å². The van der Waals surface area contributed by atoms with Gasteiger partial charge < -0.3 is 14.6 Å². The Morgan fingerprint density at radius 1 is 1.15 bits per heavy atom. The van der Waals surface area contributed by atoms with Gasteiger partial charge >= 0.3 is 5.97 Å². The Kier molecular flexibility index (Phi) is 6.98. The molecule has 3 aromatic rings. The van der Waals surface area contributed by atoms with E-state index < -0.39 is 5.97 Å². The molecule has 2 aliphatic carbocycles. The summed E-state index contributed by atoms with van der Waals surface area (Å²) >= 11 is 0. The lowest BCUT2D eigenvalue weighted by Crippen LogP contribution is -2.85. The molecule has 10 heteroatoms. The number of aryl methyl sites for hydroxylation is 1. The van der Waals surface area contributed by atoms with Crippen molar-refractivity contribution < 1.29 is 14.3 Å². The van der Waals surface area contributed by atoms with E-state index in [0.29, 0.717) is 41.6 Å². The number of likely N-dealkylation sites (tertiary alicyclic amines) is 1. The van der Waals surface area contributed by atoms with E-state index in [1.165, 1.54) is 23.7 Å². The average Bonchev–Trinajstić information content (AvgIpc) is 3.52. The van der Waals surface area contributed by atoms with E-state index in [2.05, 4.69) is 63.0 Å². The molecule has 1 N–H and O–H groups in total. The summed E-state index contributed by atoms with van der Waals surface area (Å²) < 4.78 is 8.94. The maximum Gasteiger partial charge on any atom is 0.341 e. The molecule has 212 valence electrons. The highest BCUT2D eigenvalue weighted by molar-refractivity contribution is 5.88. The van der Waals surface area contributed by atoms with Gasteiger partial charge in [-0.1, -0.05) is 44.2 Å². The number of benzene rings is 1. The maximum atomic E-state index is 13.1. The smallest absolute Gasteiger partial charge is 0.341 e. The standard InChI is InChI=1S/C30H39N7O3/c1-5-40-29(39)22-16-31-35(17-22)18-27(38)32-23(21-9-7-6-8-10-21)12-14-36-24-11-13-30(24)25(36)15-26(30)37-20(4)33-34-28(37)19(2)3/h6-10,16-17,19,23-26H,5,11-15,18H2,1-4H3,(H,32,38)/t23-,24?,25?,26?,30?/m0/s1. The first kappa shape index (κ1) is 26.7. The highest BCUT2D eigenvalue weighted by Gasteiger charge is 2.75. The van der Waals surface area contributed by atoms with Crippen molar-refractivity contribution in [3.8, 4) is 0 Å². The van der Waals surface area contributed by atoms with Crippen LogP contribution in [0.25, 0.3) is 0 Å². The molecule has 3 heterocycles. The molecule has 3 fully saturated rings. The summed E-state index contributed by atoms with van der Waals surface area (Å²) in [5.41, 5.74) is 1.80. The second-order valence-electron chi connectivity index (χ2n) is 11.8. The van der Waals surface area contributed by atoms with Crippen molar-refractivity contribution in [2.75, 3.05) is 13.2 Å². The summed E-state index contributed by atoms with van der Waals surface area (Å²) in [5, 5.41) is 16.3. The lowest BCUT2D eigenvalue weighted by molar-refractivity contribution is -0.295. The zero-order valence-corrected chi connectivity index (χ0v) is 23.8. The molecule has 3 aliphatic rings. The van der Waals surface area contributed by atoms with Gasteiger partial charge in [0.15, 0.2) is 0 Å². The Labute approximate surface area is 235 Å². The Morgan fingerprint density at radius 3 is 2.62 bits per heavy atom. The van der Waals surface area contributed by atoms with Crippen molar-refractivity contribution in [3.63, 3.8) is 0 Å². The van der Waals surface area contributed by atoms with Gasteiger partial charge in [0.1, 0.15) is 18.2 Å². The van der Waals surface area contributed by atoms with Gasteiger partial charge in [0, 0.05) is 42.2 Å². The first-order chi connectivity index (χ1) is 19.3. The Bertz CT molecular complexity index is 1370. The fraction of sp³-hybridized carbons (Fsp3) is 0.567. The van der Waals surface area contributed by atoms with Crippen LogP contribution >= 0.6 is 0 Å². The number of carbonyl (C=O) groups is 2. The topological polar surface area (TPSA) is 107 Å². The quantitative estimate of drug-likeness (QED) is 0.365. The minimum atomic E-state index is -0.434. The van der Waals surface area contributed by atoms with Crippen molar-refractivity contribution in [1.82, 2.24) is 34.8 Å². The highest BCUT2D eigenvalue weighted by atomic mass is 16.5. The monoisotopic (exact) mass is 545 g/mol. The molecule has 1 amide bonds. The number of hydrogen-bond acceptors (Lipinski definition) is 7. The van der Waals surface area contributed by atoms with Crippen molar-refractivity contribution >= 4 is 11.9 Å². The van der Waals surface area contributed by atoms with Crippen LogP contribution in [0.5, 0.6) is 0 Å². The normalized spacial score (nSPS) is 25.7. The molecule has 2 aromatic heterocycles. The zero-order valence-electron chi connectivity index (χ0n) is 23.8. The Hall–Kier alpha value is -3.53. The third kappa shape index (κ3) is 4.33. The second kappa shape index (κ2) is 10.5. The summed E-state index contributed by atoms with van der Waals surface area (Å²) in [5.74, 6) is 1.93. The van der Waals surface area contributed by atoms with Gasteiger partial charge in [0.25, 0.3) is 0 Å². The van der Waals surface area contributed by atoms with Crippen LogP contribution in [0.4, 0.5) is 0 Å². The van der Waals surface area contributed by atoms with Crippen LogP contribution in [0.1, 0.15) is 92.0 Å². The van der Waals surface area contributed by atoms with Gasteiger partial charge in [-0.05, 0) is 45.1 Å². The molecule has 1 spiro atoms. The van der Waals surface area contributed by atoms with Gasteiger partial charge in [-0.3, -0.25) is 14.4 Å². The molecular weight excluding hydrogens is 506 g/mol. The predicted molar refractivity (Wildman–Crippen MR) is 149 cm³/mol. The van der Waals surface area contributed by atoms with E-state index in [-0.39, 0.29) is 18.5 Å². The van der Waals surface area contributed by atoms with Crippen LogP contribution in [0, 0.1) is 12.3 Å². The molecule has 2 saturated carbocycles. The summed E-state index contributed by atoms with van der Waals surface area (Å²) in [4.78, 5) is 27.7. The summed E-state index contributed by atoms with van der Waals surface area (Å²) in [7, 11) is 0. The van der Waals surface area contributed by atoms with Gasteiger partial charge in [0.2, 0.25) is 5.91 Å². The third-order valence-electron chi connectivity index (χ3n) is 9.34. The van der Waals surface area contributed by atoms with Crippen LogP contribution < -0.4 is 5.32 Å². The molecule has 6 rings (SSSR count). The lowest BCUT2D eigenvalue weighted by Gasteiger charge is -2.80. The van der Waals surface area contributed by atoms with Gasteiger partial charge in [0.05, 0.1) is 24.4 Å². The van der Waals surface area contributed by atoms with E-state index >= 15 is 0 Å². The number of nitrogens with one attached hydrogen (secondary N) is 1. The summed E-state index contributed by atoms with van der Waals surface area (Å²) in [6, 6.07) is 11.7. The molecule has 1 aromatic carbocycles. The van der Waals surface area contributed by atoms with Crippen LogP contribution in [0.2, 0.25) is 0 Å². The molecule has 0 radical (unpaired) electrons. The van der Waals surface area contributed by atoms with Crippen LogP contribution in [-0.4, -0.2) is 66.6 Å². The lowest BCUT2D eigenvalue weighted by atomic mass is 9.40. The number of carbonyl (C=O) groups excluding carboxylic acids is 2. The summed E-state index contributed by atoms with van der Waals surface area (Å²) in [6.45, 7) is 9.51. The summed E-state index contributed by atoms with van der Waals surface area (Å²) in [6.07, 6.45) is 7.47. The number of esters is 1. The Balaban J connectivity index is 1.10. The minimum Gasteiger partial charge on any atom is -0.462 e. The number of amides is 1. The van der Waals surface area contributed by atoms with E-state index in [1.54, 1.807) is 13.1 Å². The van der Waals surface area contributed by atoms with Gasteiger partial charge in [-0.2, -0.15) is 5.10 Å². The van der Waals surface area contributed by atoms with Crippen LogP contribution in [0.15, 0.2) is 42.7 Å². The average molecular weight is 546 g/mol. The number of hydrogen-bond donors (Lipinski definition) is 1. The molecular formula is C30H39N7O3. The number of piperidine rings is 2. The first-order valence-electron chi connectivity index (χ1n) is 14.5. The van der Waals surface area contributed by atoms with Gasteiger partial charge in [-0.25, -0.2) is 4.79 Å². The zero-order chi connectivity index (χ0) is 28.0. The number of nitrogens with zero attached hydrogens (tertiary/aromatic N) is 6. The van der Waals surface area contributed by atoms with Crippen molar-refractivity contribution in [1.29, 1.82) is 0 Å². The van der Waals surface area contributed by atoms with Crippen LogP contribution in [-0.2, 0) is 16.1 Å². The first-order valence-corrected chi connectivity index (χ1v) is 14.5. The highest BCUT2D eigenvalue weighted by Crippen LogP contribution is 2.73. The molecule has 1 aliphatic heterocycles. The van der Waals surface area contributed by atoms with Crippen molar-refractivity contribution in [3.05, 3.63) is 65.5 Å². The molecule has 5 atom stereocenters. The third-order valence-corrected chi connectivity index (χ3v) is 9.34. The molecule has 1 saturated heterocycles. The fourth-order valence-corrected chi connectivity index (χ4v) is 7.41. The fourth-order valence-electron chi connectivity index (χ4n) is 7.41. The van der Waals surface area contributed by atoms with Gasteiger partial charge in [-0.15, -0.1) is 10.2 Å². The molecule has 0 bridgehead atoms. The molecule has 4 unspecified atom stereocenters. The largest absolute Gasteiger partial charge is 0.462 e. The second-order valence-corrected chi connectivity index (χ2v) is 11.8. The van der Waals surface area contributed by atoms with E-state index in [1.807, 2.05) is 18.2 Å². The van der Waals surface area contributed by atoms with E-state index in [9.17, 15) is 9.59 Å². The number of rotatable bonds is 11. The van der Waals surface area contributed by atoms with Crippen molar-refractivity contribution in [2.24, 2.45) is 5.41 Å². The van der Waals surface area contributed by atoms with E-state index in [0.717, 1.165) is 36.6 Å².